The third-order valence-corrected chi connectivity index (χ3v) is 2.87. The Bertz CT molecular complexity index is 345. The van der Waals surface area contributed by atoms with E-state index in [1.54, 1.807) is 6.20 Å². The van der Waals surface area contributed by atoms with Crippen LogP contribution < -0.4 is 10.2 Å². The molecule has 1 aliphatic heterocycles. The van der Waals surface area contributed by atoms with Crippen LogP contribution in [0.1, 0.15) is 13.3 Å². The summed E-state index contributed by atoms with van der Waals surface area (Å²) >= 11 is 0. The van der Waals surface area contributed by atoms with Gasteiger partial charge in [0.15, 0.2) is 0 Å². The van der Waals surface area contributed by atoms with Gasteiger partial charge in [0, 0.05) is 13.6 Å². The maximum absolute atomic E-state index is 5.48. The Balaban J connectivity index is 2.20. The number of aromatic nitrogens is 2. The smallest absolute Gasteiger partial charge is 0.149 e. The van der Waals surface area contributed by atoms with Gasteiger partial charge in [-0.1, -0.05) is 6.92 Å². The predicted molar refractivity (Wildman–Crippen MR) is 63.8 cm³/mol. The normalized spacial score (nSPS) is 20.9. The maximum Gasteiger partial charge on any atom is 0.149 e. The third-order valence-electron chi connectivity index (χ3n) is 2.87. The van der Waals surface area contributed by atoms with E-state index in [4.69, 9.17) is 4.74 Å². The summed E-state index contributed by atoms with van der Waals surface area (Å²) in [5.41, 5.74) is 0. The minimum absolute atomic E-state index is 0.412. The topological polar surface area (TPSA) is 50.3 Å². The average molecular weight is 222 g/mol. The monoisotopic (exact) mass is 222 g/mol. The van der Waals surface area contributed by atoms with Crippen molar-refractivity contribution in [1.29, 1.82) is 0 Å². The summed E-state index contributed by atoms with van der Waals surface area (Å²) < 4.78 is 5.48. The SMILES string of the molecule is CCC1COCCN1c1cncc(NC)n1. The highest BCUT2D eigenvalue weighted by Crippen LogP contribution is 2.19. The maximum atomic E-state index is 5.48. The molecule has 16 heavy (non-hydrogen) atoms. The van der Waals surface area contributed by atoms with E-state index >= 15 is 0 Å². The summed E-state index contributed by atoms with van der Waals surface area (Å²) in [6.45, 7) is 4.60. The highest BCUT2D eigenvalue weighted by atomic mass is 16.5. The highest BCUT2D eigenvalue weighted by Gasteiger charge is 2.22. The molecule has 1 N–H and O–H groups in total. The van der Waals surface area contributed by atoms with Crippen molar-refractivity contribution >= 4 is 11.6 Å². The van der Waals surface area contributed by atoms with E-state index in [-0.39, 0.29) is 0 Å². The minimum atomic E-state index is 0.412. The first kappa shape index (κ1) is 11.1. The van der Waals surface area contributed by atoms with E-state index in [0.717, 1.165) is 37.8 Å². The zero-order valence-electron chi connectivity index (χ0n) is 9.81. The summed E-state index contributed by atoms with van der Waals surface area (Å²) in [5, 5.41) is 3.01. The first-order valence-electron chi connectivity index (χ1n) is 5.69. The van der Waals surface area contributed by atoms with Gasteiger partial charge in [-0.2, -0.15) is 0 Å². The van der Waals surface area contributed by atoms with Crippen LogP contribution in [0, 0.1) is 0 Å². The molecule has 2 rings (SSSR count). The molecule has 5 nitrogen and oxygen atoms in total. The third kappa shape index (κ3) is 2.24. The quantitative estimate of drug-likeness (QED) is 0.831. The molecule has 0 amide bonds. The molecule has 0 spiro atoms. The summed E-state index contributed by atoms with van der Waals surface area (Å²) in [4.78, 5) is 11.0. The van der Waals surface area contributed by atoms with Crippen LogP contribution in [0.2, 0.25) is 0 Å². The molecule has 1 aromatic heterocycles. The fourth-order valence-electron chi connectivity index (χ4n) is 1.91. The second kappa shape index (κ2) is 5.12. The molecule has 1 unspecified atom stereocenters. The number of nitrogens with one attached hydrogen (secondary N) is 1. The van der Waals surface area contributed by atoms with Crippen LogP contribution in [-0.2, 0) is 4.74 Å². The molecule has 0 saturated carbocycles. The molecule has 0 radical (unpaired) electrons. The number of hydrogen-bond acceptors (Lipinski definition) is 5. The minimum Gasteiger partial charge on any atom is -0.377 e. The zero-order valence-corrected chi connectivity index (χ0v) is 9.81. The summed E-state index contributed by atoms with van der Waals surface area (Å²) in [6, 6.07) is 0.412. The first-order chi connectivity index (χ1) is 7.85. The van der Waals surface area contributed by atoms with Crippen LogP contribution in [0.4, 0.5) is 11.6 Å². The molecule has 0 aromatic carbocycles. The van der Waals surface area contributed by atoms with Crippen LogP contribution in [0.5, 0.6) is 0 Å². The number of ether oxygens (including phenoxy) is 1. The fourth-order valence-corrected chi connectivity index (χ4v) is 1.91. The Morgan fingerprint density at radius 1 is 1.56 bits per heavy atom. The van der Waals surface area contributed by atoms with Gasteiger partial charge in [-0.25, -0.2) is 4.98 Å². The van der Waals surface area contributed by atoms with Crippen molar-refractivity contribution in [2.45, 2.75) is 19.4 Å². The number of anilines is 2. The van der Waals surface area contributed by atoms with Crippen molar-refractivity contribution in [2.75, 3.05) is 37.0 Å². The van der Waals surface area contributed by atoms with Crippen LogP contribution in [-0.4, -0.2) is 42.8 Å². The van der Waals surface area contributed by atoms with Crippen LogP contribution >= 0.6 is 0 Å². The van der Waals surface area contributed by atoms with Gasteiger partial charge in [0.25, 0.3) is 0 Å². The van der Waals surface area contributed by atoms with E-state index in [9.17, 15) is 0 Å². The van der Waals surface area contributed by atoms with E-state index in [1.807, 2.05) is 13.2 Å². The van der Waals surface area contributed by atoms with Gasteiger partial charge in [0.05, 0.1) is 31.6 Å². The molecule has 1 aromatic rings. The van der Waals surface area contributed by atoms with Crippen LogP contribution in [0.15, 0.2) is 12.4 Å². The number of hydrogen-bond donors (Lipinski definition) is 1. The number of rotatable bonds is 3. The second-order valence-corrected chi connectivity index (χ2v) is 3.84. The van der Waals surface area contributed by atoms with E-state index in [2.05, 4.69) is 27.1 Å². The molecule has 0 aliphatic carbocycles. The van der Waals surface area contributed by atoms with Crippen LogP contribution in [0.3, 0.4) is 0 Å². The van der Waals surface area contributed by atoms with E-state index in [1.165, 1.54) is 0 Å². The van der Waals surface area contributed by atoms with Crippen molar-refractivity contribution in [3.05, 3.63) is 12.4 Å². The second-order valence-electron chi connectivity index (χ2n) is 3.84. The van der Waals surface area contributed by atoms with Crippen molar-refractivity contribution in [1.82, 2.24) is 9.97 Å². The van der Waals surface area contributed by atoms with E-state index < -0.39 is 0 Å². The lowest BCUT2D eigenvalue weighted by Gasteiger charge is -2.35. The number of morpholine rings is 1. The van der Waals surface area contributed by atoms with Gasteiger partial charge in [-0.3, -0.25) is 4.98 Å². The lowest BCUT2D eigenvalue weighted by molar-refractivity contribution is 0.0925. The zero-order chi connectivity index (χ0) is 11.4. The molecule has 2 heterocycles. The summed E-state index contributed by atoms with van der Waals surface area (Å²) in [6.07, 6.45) is 4.60. The Morgan fingerprint density at radius 2 is 2.44 bits per heavy atom. The van der Waals surface area contributed by atoms with Gasteiger partial charge in [0.2, 0.25) is 0 Å². The van der Waals surface area contributed by atoms with Crippen molar-refractivity contribution in [3.8, 4) is 0 Å². The Hall–Kier alpha value is -1.36. The van der Waals surface area contributed by atoms with Gasteiger partial charge in [-0.05, 0) is 6.42 Å². The molecule has 5 heteroatoms. The summed E-state index contributed by atoms with van der Waals surface area (Å²) in [5.74, 6) is 1.74. The lowest BCUT2D eigenvalue weighted by Crippen LogP contribution is -2.45. The molecule has 1 saturated heterocycles. The summed E-state index contributed by atoms with van der Waals surface area (Å²) in [7, 11) is 1.85. The Morgan fingerprint density at radius 3 is 3.19 bits per heavy atom. The largest absolute Gasteiger partial charge is 0.377 e. The fraction of sp³-hybridized carbons (Fsp3) is 0.636. The molecule has 88 valence electrons. The predicted octanol–water partition coefficient (Wildman–Crippen LogP) is 1.13. The molecule has 1 aliphatic rings. The highest BCUT2D eigenvalue weighted by molar-refractivity contribution is 5.44. The van der Waals surface area contributed by atoms with Gasteiger partial charge in [0.1, 0.15) is 11.6 Å². The average Bonchev–Trinajstić information content (AvgIpc) is 2.38. The van der Waals surface area contributed by atoms with Crippen molar-refractivity contribution in [3.63, 3.8) is 0 Å². The molecule has 0 bridgehead atoms. The first-order valence-corrected chi connectivity index (χ1v) is 5.69. The van der Waals surface area contributed by atoms with Crippen molar-refractivity contribution in [2.24, 2.45) is 0 Å². The van der Waals surface area contributed by atoms with Crippen molar-refractivity contribution < 1.29 is 4.74 Å². The molecule has 1 fully saturated rings. The molecular weight excluding hydrogens is 204 g/mol. The Kier molecular flexibility index (Phi) is 3.56. The molecular formula is C11H18N4O. The van der Waals surface area contributed by atoms with Gasteiger partial charge < -0.3 is 15.0 Å². The van der Waals surface area contributed by atoms with Gasteiger partial charge in [-0.15, -0.1) is 0 Å². The van der Waals surface area contributed by atoms with E-state index in [0.29, 0.717) is 6.04 Å². The molecule has 1 atom stereocenters. The van der Waals surface area contributed by atoms with Crippen LogP contribution in [0.25, 0.3) is 0 Å². The standard InChI is InChI=1S/C11H18N4O/c1-3-9-8-16-5-4-15(9)11-7-13-6-10(12-2)14-11/h6-7,9H,3-5,8H2,1-2H3,(H,12,14). The Labute approximate surface area is 95.8 Å². The lowest BCUT2D eigenvalue weighted by atomic mass is 10.2. The number of nitrogens with zero attached hydrogens (tertiary/aromatic N) is 3. The van der Waals surface area contributed by atoms with Gasteiger partial charge >= 0.3 is 0 Å².